The van der Waals surface area contributed by atoms with Gasteiger partial charge in [0.1, 0.15) is 12.4 Å². The van der Waals surface area contributed by atoms with E-state index in [2.05, 4.69) is 14.9 Å². The van der Waals surface area contributed by atoms with Gasteiger partial charge in [0.05, 0.1) is 6.20 Å². The predicted octanol–water partition coefficient (Wildman–Crippen LogP) is 0.715. The fourth-order valence-electron chi connectivity index (χ4n) is 1.77. The van der Waals surface area contributed by atoms with E-state index in [-0.39, 0.29) is 17.5 Å². The molecular formula is C12H17N3O4S. The molecule has 2 aromatic heterocycles. The number of rotatable bonds is 7. The predicted molar refractivity (Wildman–Crippen MR) is 71.5 cm³/mol. The molecule has 110 valence electrons. The van der Waals surface area contributed by atoms with Crippen LogP contribution in [-0.2, 0) is 23.1 Å². The standard InChI is InChI=1S/C12H17N3O4S/c1-9-10(7-13-15-9)3-2-6-14-20(17,18)12-5-4-11(8-16)19-12/h4-5,7,14,16H,2-3,6,8H2,1H3,(H,13,15). The molecule has 0 amide bonds. The third kappa shape index (κ3) is 3.47. The molecular weight excluding hydrogens is 282 g/mol. The van der Waals surface area contributed by atoms with Gasteiger partial charge in [-0.3, -0.25) is 5.10 Å². The lowest BCUT2D eigenvalue weighted by Crippen LogP contribution is -2.24. The van der Waals surface area contributed by atoms with Crippen LogP contribution in [0.5, 0.6) is 0 Å². The summed E-state index contributed by atoms with van der Waals surface area (Å²) in [7, 11) is -3.65. The van der Waals surface area contributed by atoms with Gasteiger partial charge in [0, 0.05) is 12.2 Å². The van der Waals surface area contributed by atoms with Gasteiger partial charge in [-0.15, -0.1) is 0 Å². The van der Waals surface area contributed by atoms with E-state index in [1.54, 1.807) is 6.20 Å². The van der Waals surface area contributed by atoms with Crippen LogP contribution < -0.4 is 4.72 Å². The lowest BCUT2D eigenvalue weighted by molar-refractivity contribution is 0.236. The van der Waals surface area contributed by atoms with Crippen molar-refractivity contribution in [2.45, 2.75) is 31.5 Å². The van der Waals surface area contributed by atoms with E-state index in [4.69, 9.17) is 9.52 Å². The molecule has 0 atom stereocenters. The van der Waals surface area contributed by atoms with Gasteiger partial charge in [-0.25, -0.2) is 13.1 Å². The van der Waals surface area contributed by atoms with E-state index in [1.165, 1.54) is 12.1 Å². The number of aliphatic hydroxyl groups excluding tert-OH is 1. The van der Waals surface area contributed by atoms with Crippen LogP contribution >= 0.6 is 0 Å². The number of furan rings is 1. The first-order valence-electron chi connectivity index (χ1n) is 6.21. The van der Waals surface area contributed by atoms with Crippen LogP contribution in [0.25, 0.3) is 0 Å². The molecule has 8 heteroatoms. The second kappa shape index (κ2) is 6.21. The van der Waals surface area contributed by atoms with E-state index in [0.717, 1.165) is 17.7 Å². The van der Waals surface area contributed by atoms with E-state index < -0.39 is 10.0 Å². The van der Waals surface area contributed by atoms with Crippen LogP contribution in [-0.4, -0.2) is 30.3 Å². The normalized spacial score (nSPS) is 11.9. The summed E-state index contributed by atoms with van der Waals surface area (Å²) in [6.45, 7) is 1.91. The Kier molecular flexibility index (Phi) is 4.58. The minimum Gasteiger partial charge on any atom is -0.446 e. The molecule has 2 aromatic rings. The number of sulfonamides is 1. The third-order valence-corrected chi connectivity index (χ3v) is 4.24. The summed E-state index contributed by atoms with van der Waals surface area (Å²) >= 11 is 0. The Hall–Kier alpha value is -1.64. The smallest absolute Gasteiger partial charge is 0.273 e. The van der Waals surface area contributed by atoms with Crippen LogP contribution in [0.2, 0.25) is 0 Å². The Morgan fingerprint density at radius 2 is 2.25 bits per heavy atom. The largest absolute Gasteiger partial charge is 0.446 e. The monoisotopic (exact) mass is 299 g/mol. The first kappa shape index (κ1) is 14.8. The van der Waals surface area contributed by atoms with Crippen molar-refractivity contribution in [1.82, 2.24) is 14.9 Å². The highest BCUT2D eigenvalue weighted by molar-refractivity contribution is 7.89. The maximum absolute atomic E-state index is 11.9. The number of nitrogens with zero attached hydrogens (tertiary/aromatic N) is 1. The number of hydrogen-bond donors (Lipinski definition) is 3. The Bertz CT molecular complexity index is 660. The summed E-state index contributed by atoms with van der Waals surface area (Å²) in [5.74, 6) is 0.222. The maximum atomic E-state index is 11.9. The van der Waals surface area contributed by atoms with E-state index >= 15 is 0 Å². The number of aromatic nitrogens is 2. The van der Waals surface area contributed by atoms with Gasteiger partial charge in [0.25, 0.3) is 10.0 Å². The highest BCUT2D eigenvalue weighted by Crippen LogP contribution is 2.13. The third-order valence-electron chi connectivity index (χ3n) is 2.91. The van der Waals surface area contributed by atoms with Crippen LogP contribution in [0.3, 0.4) is 0 Å². The lowest BCUT2D eigenvalue weighted by atomic mass is 10.1. The average Bonchev–Trinajstić information content (AvgIpc) is 3.04. The summed E-state index contributed by atoms with van der Waals surface area (Å²) in [6, 6.07) is 2.76. The van der Waals surface area contributed by atoms with E-state index in [9.17, 15) is 8.42 Å². The zero-order valence-electron chi connectivity index (χ0n) is 11.1. The molecule has 2 rings (SSSR count). The fraction of sp³-hybridized carbons (Fsp3) is 0.417. The molecule has 7 nitrogen and oxygen atoms in total. The highest BCUT2D eigenvalue weighted by atomic mass is 32.2. The van der Waals surface area contributed by atoms with Gasteiger partial charge in [0.15, 0.2) is 0 Å². The Morgan fingerprint density at radius 1 is 1.45 bits per heavy atom. The lowest BCUT2D eigenvalue weighted by Gasteiger charge is -2.04. The molecule has 0 radical (unpaired) electrons. The van der Waals surface area contributed by atoms with Gasteiger partial charge in [-0.1, -0.05) is 0 Å². The van der Waals surface area contributed by atoms with Gasteiger partial charge < -0.3 is 9.52 Å². The number of H-pyrrole nitrogens is 1. The van der Waals surface area contributed by atoms with Crippen molar-refractivity contribution in [2.24, 2.45) is 0 Å². The Balaban J connectivity index is 1.85. The highest BCUT2D eigenvalue weighted by Gasteiger charge is 2.17. The van der Waals surface area contributed by atoms with Gasteiger partial charge in [-0.05, 0) is 37.5 Å². The molecule has 0 spiro atoms. The first-order chi connectivity index (χ1) is 9.53. The fourth-order valence-corrected chi connectivity index (χ4v) is 2.79. The molecule has 3 N–H and O–H groups in total. The molecule has 0 aromatic carbocycles. The van der Waals surface area contributed by atoms with Crippen LogP contribution in [0.1, 0.15) is 23.4 Å². The summed E-state index contributed by atoms with van der Waals surface area (Å²) < 4.78 is 31.2. The van der Waals surface area contributed by atoms with Crippen molar-refractivity contribution in [3.05, 3.63) is 35.3 Å². The number of nitrogens with one attached hydrogen (secondary N) is 2. The van der Waals surface area contributed by atoms with Crippen LogP contribution in [0.4, 0.5) is 0 Å². The zero-order valence-corrected chi connectivity index (χ0v) is 11.9. The van der Waals surface area contributed by atoms with Crippen molar-refractivity contribution in [1.29, 1.82) is 0 Å². The van der Waals surface area contributed by atoms with Gasteiger partial charge in [-0.2, -0.15) is 5.10 Å². The van der Waals surface area contributed by atoms with Crippen molar-refractivity contribution < 1.29 is 17.9 Å². The minimum absolute atomic E-state index is 0.180. The van der Waals surface area contributed by atoms with Crippen molar-refractivity contribution in [3.63, 3.8) is 0 Å². The quantitative estimate of drug-likeness (QED) is 0.653. The zero-order chi connectivity index (χ0) is 14.6. The minimum atomic E-state index is -3.65. The van der Waals surface area contributed by atoms with Crippen LogP contribution in [0, 0.1) is 6.92 Å². The molecule has 0 saturated heterocycles. The van der Waals surface area contributed by atoms with Crippen molar-refractivity contribution in [2.75, 3.05) is 6.54 Å². The van der Waals surface area contributed by atoms with E-state index in [0.29, 0.717) is 13.0 Å². The first-order valence-corrected chi connectivity index (χ1v) is 7.69. The van der Waals surface area contributed by atoms with Crippen molar-refractivity contribution in [3.8, 4) is 0 Å². The summed E-state index contributed by atoms with van der Waals surface area (Å²) in [4.78, 5) is 0. The van der Waals surface area contributed by atoms with Gasteiger partial charge >= 0.3 is 0 Å². The number of aliphatic hydroxyl groups is 1. The SMILES string of the molecule is Cc1[nH]ncc1CCCNS(=O)(=O)c1ccc(CO)o1. The maximum Gasteiger partial charge on any atom is 0.273 e. The number of aryl methyl sites for hydroxylation is 2. The number of hydrogen-bond acceptors (Lipinski definition) is 5. The molecule has 20 heavy (non-hydrogen) atoms. The summed E-state index contributed by atoms with van der Waals surface area (Å²) in [5.41, 5.74) is 2.07. The Morgan fingerprint density at radius 3 is 2.85 bits per heavy atom. The van der Waals surface area contributed by atoms with Crippen LogP contribution in [0.15, 0.2) is 27.8 Å². The molecule has 0 bridgehead atoms. The molecule has 0 unspecified atom stereocenters. The molecule has 0 aliphatic heterocycles. The topological polar surface area (TPSA) is 108 Å². The average molecular weight is 299 g/mol. The van der Waals surface area contributed by atoms with Gasteiger partial charge in [0.2, 0.25) is 5.09 Å². The molecule has 0 saturated carbocycles. The molecule has 0 aliphatic rings. The molecule has 2 heterocycles. The number of aromatic amines is 1. The second-order valence-corrected chi connectivity index (χ2v) is 6.10. The Labute approximate surface area is 117 Å². The molecule has 0 fully saturated rings. The second-order valence-electron chi connectivity index (χ2n) is 4.40. The summed E-state index contributed by atoms with van der Waals surface area (Å²) in [5, 5.41) is 15.4. The van der Waals surface area contributed by atoms with E-state index in [1.807, 2.05) is 6.92 Å². The summed E-state index contributed by atoms with van der Waals surface area (Å²) in [6.07, 6.45) is 3.14. The van der Waals surface area contributed by atoms with Crippen molar-refractivity contribution >= 4 is 10.0 Å². The molecule has 0 aliphatic carbocycles.